The number of methoxy groups -OCH3 is 1. The molecule has 8 heteroatoms. The third-order valence-corrected chi connectivity index (χ3v) is 5.41. The molecule has 2 heterocycles. The number of nitrogens with two attached hydrogens (primary N) is 1. The summed E-state index contributed by atoms with van der Waals surface area (Å²) < 4.78 is 12.1. The Bertz CT molecular complexity index is 854. The smallest absolute Gasteiger partial charge is 0.293 e. The van der Waals surface area contributed by atoms with Gasteiger partial charge in [0, 0.05) is 49.7 Å². The standard InChI is InChI=1S/C20H28N4O4/c1-27-18-7-5-15-6-8-19(26)24(20(15)22-18)12-11-23(10-9-21)16-3-2-4-17(13-16)28-14-25/h5-8,14,16-17H,2-4,9-13,21H2,1H3. The molecule has 8 nitrogen and oxygen atoms in total. The third kappa shape index (κ3) is 4.69. The lowest BCUT2D eigenvalue weighted by Crippen LogP contribution is -2.45. The van der Waals surface area contributed by atoms with Crippen molar-refractivity contribution in [2.45, 2.75) is 44.4 Å². The second-order valence-electron chi connectivity index (χ2n) is 7.09. The van der Waals surface area contributed by atoms with Crippen molar-refractivity contribution in [1.29, 1.82) is 0 Å². The zero-order valence-corrected chi connectivity index (χ0v) is 16.3. The van der Waals surface area contributed by atoms with E-state index in [4.69, 9.17) is 15.2 Å². The van der Waals surface area contributed by atoms with Crippen molar-refractivity contribution in [2.24, 2.45) is 5.73 Å². The Morgan fingerprint density at radius 3 is 2.86 bits per heavy atom. The molecule has 2 unspecified atom stereocenters. The van der Waals surface area contributed by atoms with Gasteiger partial charge in [0.2, 0.25) is 5.88 Å². The van der Waals surface area contributed by atoms with Gasteiger partial charge in [-0.15, -0.1) is 0 Å². The molecule has 0 bridgehead atoms. The van der Waals surface area contributed by atoms with E-state index in [9.17, 15) is 9.59 Å². The number of pyridine rings is 2. The largest absolute Gasteiger partial charge is 0.481 e. The molecule has 0 radical (unpaired) electrons. The molecular weight excluding hydrogens is 360 g/mol. The molecule has 1 aliphatic carbocycles. The van der Waals surface area contributed by atoms with Crippen LogP contribution in [0.4, 0.5) is 0 Å². The van der Waals surface area contributed by atoms with Gasteiger partial charge < -0.3 is 15.2 Å². The lowest BCUT2D eigenvalue weighted by Gasteiger charge is -2.36. The first-order valence-electron chi connectivity index (χ1n) is 9.74. The average molecular weight is 388 g/mol. The summed E-state index contributed by atoms with van der Waals surface area (Å²) in [5.41, 5.74) is 6.36. The lowest BCUT2D eigenvalue weighted by molar-refractivity contribution is -0.135. The molecule has 0 spiro atoms. The molecule has 0 amide bonds. The molecule has 0 aliphatic heterocycles. The number of carbonyl (C=O) groups excluding carboxylic acids is 1. The van der Waals surface area contributed by atoms with Crippen LogP contribution in [0.3, 0.4) is 0 Å². The summed E-state index contributed by atoms with van der Waals surface area (Å²) in [6.07, 6.45) is 3.71. The van der Waals surface area contributed by atoms with Crippen LogP contribution < -0.4 is 16.0 Å². The highest BCUT2D eigenvalue weighted by molar-refractivity contribution is 5.75. The predicted molar refractivity (Wildman–Crippen MR) is 106 cm³/mol. The summed E-state index contributed by atoms with van der Waals surface area (Å²) >= 11 is 0. The maximum Gasteiger partial charge on any atom is 0.293 e. The summed E-state index contributed by atoms with van der Waals surface area (Å²) in [6, 6.07) is 7.32. The van der Waals surface area contributed by atoms with E-state index in [1.165, 1.54) is 0 Å². The minimum absolute atomic E-state index is 0.0391. The van der Waals surface area contributed by atoms with Crippen molar-refractivity contribution in [1.82, 2.24) is 14.5 Å². The van der Waals surface area contributed by atoms with E-state index in [1.807, 2.05) is 6.07 Å². The highest BCUT2D eigenvalue weighted by Gasteiger charge is 2.27. The number of carbonyl (C=O) groups is 1. The number of aromatic nitrogens is 2. The summed E-state index contributed by atoms with van der Waals surface area (Å²) in [5, 5.41) is 0.892. The molecule has 0 aromatic carbocycles. The van der Waals surface area contributed by atoms with Gasteiger partial charge in [0.25, 0.3) is 12.0 Å². The van der Waals surface area contributed by atoms with Crippen LogP contribution in [0.1, 0.15) is 25.7 Å². The van der Waals surface area contributed by atoms with Crippen molar-refractivity contribution >= 4 is 17.5 Å². The van der Waals surface area contributed by atoms with Gasteiger partial charge in [-0.25, -0.2) is 0 Å². The fraction of sp³-hybridized carbons (Fsp3) is 0.550. The second-order valence-corrected chi connectivity index (χ2v) is 7.09. The number of hydrogen-bond acceptors (Lipinski definition) is 7. The third-order valence-electron chi connectivity index (χ3n) is 5.41. The molecule has 2 aromatic rings. The van der Waals surface area contributed by atoms with Crippen molar-refractivity contribution < 1.29 is 14.3 Å². The van der Waals surface area contributed by atoms with E-state index < -0.39 is 0 Å². The van der Waals surface area contributed by atoms with Crippen molar-refractivity contribution in [2.75, 3.05) is 26.7 Å². The van der Waals surface area contributed by atoms with Gasteiger partial charge in [0.05, 0.1) is 7.11 Å². The van der Waals surface area contributed by atoms with Crippen LogP contribution in [0.5, 0.6) is 5.88 Å². The van der Waals surface area contributed by atoms with Crippen LogP contribution in [-0.2, 0) is 16.1 Å². The fourth-order valence-corrected chi connectivity index (χ4v) is 4.00. The molecule has 0 saturated heterocycles. The zero-order valence-electron chi connectivity index (χ0n) is 16.3. The first kappa shape index (κ1) is 20.3. The Hall–Kier alpha value is -2.45. The Labute approximate surface area is 164 Å². The highest BCUT2D eigenvalue weighted by Crippen LogP contribution is 2.25. The minimum Gasteiger partial charge on any atom is -0.481 e. The molecular formula is C20H28N4O4. The van der Waals surface area contributed by atoms with E-state index in [-0.39, 0.29) is 17.7 Å². The van der Waals surface area contributed by atoms with Crippen LogP contribution in [0, 0.1) is 0 Å². The molecule has 1 aliphatic rings. The van der Waals surface area contributed by atoms with Crippen LogP contribution >= 0.6 is 0 Å². The van der Waals surface area contributed by atoms with Gasteiger partial charge >= 0.3 is 0 Å². The number of hydrogen-bond donors (Lipinski definition) is 1. The molecule has 152 valence electrons. The number of nitrogens with zero attached hydrogens (tertiary/aromatic N) is 3. The van der Waals surface area contributed by atoms with Gasteiger partial charge in [-0.1, -0.05) is 0 Å². The van der Waals surface area contributed by atoms with Gasteiger partial charge in [0.15, 0.2) is 0 Å². The second kappa shape index (κ2) is 9.66. The van der Waals surface area contributed by atoms with E-state index >= 15 is 0 Å². The molecule has 2 aromatic heterocycles. The predicted octanol–water partition coefficient (Wildman–Crippen LogP) is 1.15. The van der Waals surface area contributed by atoms with Crippen LogP contribution in [0.2, 0.25) is 0 Å². The first-order chi connectivity index (χ1) is 13.7. The Balaban J connectivity index is 1.79. The van der Waals surface area contributed by atoms with E-state index in [2.05, 4.69) is 9.88 Å². The van der Waals surface area contributed by atoms with Gasteiger partial charge in [0.1, 0.15) is 11.8 Å². The molecule has 2 N–H and O–H groups in total. The van der Waals surface area contributed by atoms with E-state index in [1.54, 1.807) is 29.9 Å². The number of ether oxygens (including phenoxy) is 2. The number of rotatable bonds is 9. The van der Waals surface area contributed by atoms with Crippen molar-refractivity contribution in [3.63, 3.8) is 0 Å². The molecule has 3 rings (SSSR count). The van der Waals surface area contributed by atoms with Gasteiger partial charge in [-0.05, 0) is 37.8 Å². The maximum atomic E-state index is 12.5. The van der Waals surface area contributed by atoms with E-state index in [0.29, 0.717) is 37.6 Å². The lowest BCUT2D eigenvalue weighted by atomic mass is 9.91. The molecule has 1 saturated carbocycles. The van der Waals surface area contributed by atoms with Crippen LogP contribution in [-0.4, -0.2) is 59.8 Å². The fourth-order valence-electron chi connectivity index (χ4n) is 4.00. The monoisotopic (exact) mass is 388 g/mol. The highest BCUT2D eigenvalue weighted by atomic mass is 16.5. The average Bonchev–Trinajstić information content (AvgIpc) is 2.72. The molecule has 2 atom stereocenters. The Morgan fingerprint density at radius 2 is 2.11 bits per heavy atom. The maximum absolute atomic E-state index is 12.5. The Kier molecular flexibility index (Phi) is 7.00. The van der Waals surface area contributed by atoms with Crippen LogP contribution in [0.25, 0.3) is 11.0 Å². The van der Waals surface area contributed by atoms with Crippen molar-refractivity contribution in [3.8, 4) is 5.88 Å². The summed E-state index contributed by atoms with van der Waals surface area (Å²) in [4.78, 5) is 29.9. The summed E-state index contributed by atoms with van der Waals surface area (Å²) in [5.74, 6) is 0.479. The zero-order chi connectivity index (χ0) is 19.9. The van der Waals surface area contributed by atoms with Crippen LogP contribution in [0.15, 0.2) is 29.1 Å². The number of fused-ring (bicyclic) bond motifs is 1. The minimum atomic E-state index is -0.0910. The molecule has 1 fully saturated rings. The summed E-state index contributed by atoms with van der Waals surface area (Å²) in [7, 11) is 1.56. The molecule has 28 heavy (non-hydrogen) atoms. The normalized spacial score (nSPS) is 19.7. The van der Waals surface area contributed by atoms with Crippen molar-refractivity contribution in [3.05, 3.63) is 34.6 Å². The topological polar surface area (TPSA) is 99.7 Å². The SMILES string of the molecule is COc1ccc2ccc(=O)n(CCN(CCN)C3CCCC(OC=O)C3)c2n1. The van der Waals surface area contributed by atoms with Gasteiger partial charge in [-0.2, -0.15) is 4.98 Å². The quantitative estimate of drug-likeness (QED) is 0.643. The Morgan fingerprint density at radius 1 is 1.29 bits per heavy atom. The first-order valence-corrected chi connectivity index (χ1v) is 9.74. The summed E-state index contributed by atoms with van der Waals surface area (Å²) in [6.45, 7) is 2.98. The van der Waals surface area contributed by atoms with E-state index in [0.717, 1.165) is 37.6 Å². The van der Waals surface area contributed by atoms with Gasteiger partial charge in [-0.3, -0.25) is 19.1 Å².